The minimum Gasteiger partial charge on any atom is -0.488 e. The molecule has 0 saturated heterocycles. The molecule has 0 radical (unpaired) electrons. The van der Waals surface area contributed by atoms with Gasteiger partial charge in [0.05, 0.1) is 11.8 Å². The number of allylic oxidation sites excluding steroid dienone is 2. The number of halogens is 4. The Bertz CT molecular complexity index is 1360. The van der Waals surface area contributed by atoms with E-state index in [-0.39, 0.29) is 6.61 Å². The van der Waals surface area contributed by atoms with Crippen LogP contribution >= 0.6 is 0 Å². The molecule has 1 aliphatic carbocycles. The van der Waals surface area contributed by atoms with Gasteiger partial charge in [-0.15, -0.1) is 0 Å². The van der Waals surface area contributed by atoms with Gasteiger partial charge in [0.1, 0.15) is 18.2 Å². The molecule has 0 amide bonds. The molecule has 0 bridgehead atoms. The van der Waals surface area contributed by atoms with Gasteiger partial charge in [0, 0.05) is 11.3 Å². The minimum atomic E-state index is -4.52. The van der Waals surface area contributed by atoms with Crippen LogP contribution in [-0.4, -0.2) is 14.7 Å². The van der Waals surface area contributed by atoms with E-state index in [1.165, 1.54) is 18.2 Å². The number of hydrogen-bond donors (Lipinski definition) is 1. The largest absolute Gasteiger partial charge is 0.488 e. The van der Waals surface area contributed by atoms with E-state index in [0.29, 0.717) is 35.4 Å². The zero-order valence-electron chi connectivity index (χ0n) is 18.8. The average molecular weight is 506 g/mol. The third kappa shape index (κ3) is 6.22. The summed E-state index contributed by atoms with van der Waals surface area (Å²) in [6, 6.07) is 15.9. The van der Waals surface area contributed by atoms with Crippen molar-refractivity contribution in [2.24, 2.45) is 0 Å². The van der Waals surface area contributed by atoms with Crippen LogP contribution in [0.25, 0.3) is 11.1 Å². The molecule has 0 unspecified atom stereocenters. The van der Waals surface area contributed by atoms with E-state index in [9.17, 15) is 26.0 Å². The highest BCUT2D eigenvalue weighted by Crippen LogP contribution is 2.45. The number of hydrogen-bond acceptors (Lipinski definition) is 3. The molecule has 1 N–H and O–H groups in total. The van der Waals surface area contributed by atoms with E-state index in [0.717, 1.165) is 41.5 Å². The SMILES string of the molecule is CS(=O)(=O)Nc1cccc(C2=C(c3cc(C(F)(F)F)ccc3OCc3ccc(F)cc3)CCC2)c1. The first-order chi connectivity index (χ1) is 16.5. The Hall–Kier alpha value is -3.33. The monoisotopic (exact) mass is 505 g/mol. The molecule has 184 valence electrons. The quantitative estimate of drug-likeness (QED) is 0.356. The highest BCUT2D eigenvalue weighted by molar-refractivity contribution is 7.92. The van der Waals surface area contributed by atoms with Crippen molar-refractivity contribution in [2.75, 3.05) is 11.0 Å². The summed E-state index contributed by atoms with van der Waals surface area (Å²) in [6.45, 7) is 0.0645. The third-order valence-electron chi connectivity index (χ3n) is 5.67. The van der Waals surface area contributed by atoms with E-state index in [4.69, 9.17) is 4.74 Å². The molecule has 0 fully saturated rings. The summed E-state index contributed by atoms with van der Waals surface area (Å²) >= 11 is 0. The Morgan fingerprint density at radius 2 is 1.66 bits per heavy atom. The standard InChI is InChI=1S/C26H23F4NO3S/c1-35(32,33)31-21-5-2-4-18(14-21)22-6-3-7-23(22)24-15-19(26(28,29)30)10-13-25(24)34-16-17-8-11-20(27)12-9-17/h2,4-5,8-15,31H,3,6-7,16H2,1H3. The molecular weight excluding hydrogens is 482 g/mol. The fourth-order valence-corrected chi connectivity index (χ4v) is 4.71. The van der Waals surface area contributed by atoms with Gasteiger partial charge in [-0.25, -0.2) is 12.8 Å². The maximum absolute atomic E-state index is 13.5. The lowest BCUT2D eigenvalue weighted by Gasteiger charge is -2.17. The van der Waals surface area contributed by atoms with Crippen LogP contribution in [0.5, 0.6) is 5.75 Å². The number of benzene rings is 3. The lowest BCUT2D eigenvalue weighted by molar-refractivity contribution is -0.137. The first-order valence-corrected chi connectivity index (χ1v) is 12.8. The van der Waals surface area contributed by atoms with Crippen LogP contribution in [0.2, 0.25) is 0 Å². The van der Waals surface area contributed by atoms with Crippen LogP contribution in [0.3, 0.4) is 0 Å². The van der Waals surface area contributed by atoms with Gasteiger partial charge in [0.2, 0.25) is 10.0 Å². The molecule has 0 saturated carbocycles. The number of sulfonamides is 1. The summed E-state index contributed by atoms with van der Waals surface area (Å²) in [5.74, 6) is -0.0977. The highest BCUT2D eigenvalue weighted by atomic mass is 32.2. The first kappa shape index (κ1) is 24.8. The number of alkyl halides is 3. The summed E-state index contributed by atoms with van der Waals surface area (Å²) in [6.07, 6.45) is -1.56. The van der Waals surface area contributed by atoms with Gasteiger partial charge in [0.15, 0.2) is 0 Å². The van der Waals surface area contributed by atoms with E-state index in [1.807, 2.05) is 0 Å². The molecule has 0 atom stereocenters. The van der Waals surface area contributed by atoms with Crippen molar-refractivity contribution >= 4 is 26.9 Å². The van der Waals surface area contributed by atoms with Gasteiger partial charge in [-0.3, -0.25) is 4.72 Å². The Labute approximate surface area is 201 Å². The van der Waals surface area contributed by atoms with Crippen molar-refractivity contribution in [2.45, 2.75) is 32.0 Å². The highest BCUT2D eigenvalue weighted by Gasteiger charge is 2.32. The molecule has 4 nitrogen and oxygen atoms in total. The van der Waals surface area contributed by atoms with Gasteiger partial charge < -0.3 is 4.74 Å². The Balaban J connectivity index is 1.76. The van der Waals surface area contributed by atoms with Crippen LogP contribution in [0.15, 0.2) is 66.7 Å². The molecule has 0 aromatic heterocycles. The van der Waals surface area contributed by atoms with Crippen molar-refractivity contribution < 1.29 is 30.7 Å². The molecular formula is C26H23F4NO3S. The number of anilines is 1. The Morgan fingerprint density at radius 3 is 2.34 bits per heavy atom. The second kappa shape index (κ2) is 9.73. The maximum atomic E-state index is 13.5. The molecule has 1 aliphatic rings. The van der Waals surface area contributed by atoms with Crippen LogP contribution in [0.4, 0.5) is 23.2 Å². The fraction of sp³-hybridized carbons (Fsp3) is 0.231. The average Bonchev–Trinajstić information content (AvgIpc) is 3.27. The van der Waals surface area contributed by atoms with E-state index in [1.54, 1.807) is 36.4 Å². The van der Waals surface area contributed by atoms with Gasteiger partial charge in [0.25, 0.3) is 0 Å². The van der Waals surface area contributed by atoms with Crippen LogP contribution < -0.4 is 9.46 Å². The molecule has 0 aliphatic heterocycles. The molecule has 0 spiro atoms. The lowest BCUT2D eigenvalue weighted by atomic mass is 9.95. The number of rotatable bonds is 7. The molecule has 3 aromatic rings. The van der Waals surface area contributed by atoms with Crippen molar-refractivity contribution in [1.29, 1.82) is 0 Å². The Morgan fingerprint density at radius 1 is 0.943 bits per heavy atom. The second-order valence-corrected chi connectivity index (χ2v) is 10.1. The topological polar surface area (TPSA) is 55.4 Å². The van der Waals surface area contributed by atoms with E-state index >= 15 is 0 Å². The number of ether oxygens (including phenoxy) is 1. The summed E-state index contributed by atoms with van der Waals surface area (Å²) in [4.78, 5) is 0. The van der Waals surface area contributed by atoms with E-state index < -0.39 is 27.6 Å². The summed E-state index contributed by atoms with van der Waals surface area (Å²) < 4.78 is 85.5. The minimum absolute atomic E-state index is 0.0645. The summed E-state index contributed by atoms with van der Waals surface area (Å²) in [5.41, 5.74) is 2.91. The molecule has 0 heterocycles. The molecule has 9 heteroatoms. The van der Waals surface area contributed by atoms with Crippen molar-refractivity contribution in [3.8, 4) is 5.75 Å². The zero-order valence-corrected chi connectivity index (χ0v) is 19.6. The molecule has 4 rings (SSSR count). The van der Waals surface area contributed by atoms with Crippen molar-refractivity contribution in [1.82, 2.24) is 0 Å². The normalized spacial score (nSPS) is 14.3. The number of nitrogens with one attached hydrogen (secondary N) is 1. The second-order valence-electron chi connectivity index (χ2n) is 8.39. The first-order valence-electron chi connectivity index (χ1n) is 10.9. The summed E-state index contributed by atoms with van der Waals surface area (Å²) in [5, 5.41) is 0. The Kier molecular flexibility index (Phi) is 6.89. The van der Waals surface area contributed by atoms with Gasteiger partial charge >= 0.3 is 6.18 Å². The zero-order chi connectivity index (χ0) is 25.2. The predicted octanol–water partition coefficient (Wildman–Crippen LogP) is 6.89. The van der Waals surface area contributed by atoms with Crippen LogP contribution in [-0.2, 0) is 22.8 Å². The lowest BCUT2D eigenvalue weighted by Crippen LogP contribution is -2.09. The molecule has 3 aromatic carbocycles. The van der Waals surface area contributed by atoms with Crippen LogP contribution in [0.1, 0.15) is 41.5 Å². The maximum Gasteiger partial charge on any atom is 0.416 e. The molecule has 35 heavy (non-hydrogen) atoms. The predicted molar refractivity (Wildman–Crippen MR) is 128 cm³/mol. The summed E-state index contributed by atoms with van der Waals surface area (Å²) in [7, 11) is -3.48. The third-order valence-corrected chi connectivity index (χ3v) is 6.28. The van der Waals surface area contributed by atoms with Gasteiger partial charge in [-0.05, 0) is 84.0 Å². The van der Waals surface area contributed by atoms with Crippen molar-refractivity contribution in [3.05, 3.63) is 94.8 Å². The van der Waals surface area contributed by atoms with Gasteiger partial charge in [-0.1, -0.05) is 24.3 Å². The smallest absolute Gasteiger partial charge is 0.416 e. The van der Waals surface area contributed by atoms with Crippen molar-refractivity contribution in [3.63, 3.8) is 0 Å². The van der Waals surface area contributed by atoms with E-state index in [2.05, 4.69) is 4.72 Å². The van der Waals surface area contributed by atoms with Gasteiger partial charge in [-0.2, -0.15) is 13.2 Å². The van der Waals surface area contributed by atoms with Crippen LogP contribution in [0, 0.1) is 5.82 Å². The fourth-order valence-electron chi connectivity index (χ4n) is 4.15.